The fraction of sp³-hybridized carbons (Fsp3) is 0.222. The maximum Gasteiger partial charge on any atom is 0.387 e. The molecule has 0 bridgehead atoms. The van der Waals surface area contributed by atoms with Crippen molar-refractivity contribution >= 4 is 17.7 Å². The van der Waals surface area contributed by atoms with Crippen LogP contribution in [0.5, 0.6) is 5.75 Å². The van der Waals surface area contributed by atoms with E-state index < -0.39 is 6.61 Å². The van der Waals surface area contributed by atoms with Crippen LogP contribution < -0.4 is 10.1 Å². The summed E-state index contributed by atoms with van der Waals surface area (Å²) in [6, 6.07) is 7.91. The summed E-state index contributed by atoms with van der Waals surface area (Å²) in [5.74, 6) is -0.219. The third-order valence-corrected chi connectivity index (χ3v) is 3.31. The molecular formula is C18H18F2N2O2. The molecule has 4 nitrogen and oxygen atoms in total. The standard InChI is InChI=1S/C18H18F2N2O2/c1-11-10-12(2)21-13(3)17(11)22-16(23)9-6-14-4-7-15(8-5-14)24-18(19)20/h4-10,18H,1-3H3,(H,22,23)/b9-6+. The minimum atomic E-state index is -2.85. The molecule has 6 heteroatoms. The predicted molar refractivity (Wildman–Crippen MR) is 89.2 cm³/mol. The molecule has 0 radical (unpaired) electrons. The van der Waals surface area contributed by atoms with Crippen molar-refractivity contribution in [1.29, 1.82) is 0 Å². The molecule has 1 N–H and O–H groups in total. The van der Waals surface area contributed by atoms with Crippen LogP contribution in [0, 0.1) is 20.8 Å². The van der Waals surface area contributed by atoms with Gasteiger partial charge in [0.15, 0.2) is 0 Å². The van der Waals surface area contributed by atoms with E-state index in [4.69, 9.17) is 0 Å². The maximum absolute atomic E-state index is 12.1. The van der Waals surface area contributed by atoms with Crippen molar-refractivity contribution in [2.24, 2.45) is 0 Å². The number of aromatic nitrogens is 1. The molecule has 1 amide bonds. The molecule has 0 aliphatic carbocycles. The fourth-order valence-electron chi connectivity index (χ4n) is 2.31. The summed E-state index contributed by atoms with van der Waals surface area (Å²) < 4.78 is 28.4. The van der Waals surface area contributed by atoms with Gasteiger partial charge in [-0.25, -0.2) is 0 Å². The minimum absolute atomic E-state index is 0.0728. The van der Waals surface area contributed by atoms with Gasteiger partial charge >= 0.3 is 6.61 Å². The minimum Gasteiger partial charge on any atom is -0.435 e. The van der Waals surface area contributed by atoms with Gasteiger partial charge in [0.2, 0.25) is 5.91 Å². The summed E-state index contributed by atoms with van der Waals surface area (Å²) in [6.07, 6.45) is 2.97. The lowest BCUT2D eigenvalue weighted by molar-refractivity contribution is -0.111. The van der Waals surface area contributed by atoms with Gasteiger partial charge in [0.1, 0.15) is 5.75 Å². The average Bonchev–Trinajstić information content (AvgIpc) is 2.49. The number of carbonyl (C=O) groups excluding carboxylic acids is 1. The summed E-state index contributed by atoms with van der Waals surface area (Å²) in [7, 11) is 0. The predicted octanol–water partition coefficient (Wildman–Crippen LogP) is 4.26. The first-order valence-corrected chi connectivity index (χ1v) is 7.34. The van der Waals surface area contributed by atoms with Crippen molar-refractivity contribution in [3.63, 3.8) is 0 Å². The van der Waals surface area contributed by atoms with Gasteiger partial charge < -0.3 is 10.1 Å². The van der Waals surface area contributed by atoms with Crippen LogP contribution in [0.4, 0.5) is 14.5 Å². The molecule has 0 saturated heterocycles. The lowest BCUT2D eigenvalue weighted by Gasteiger charge is -2.10. The van der Waals surface area contributed by atoms with Crippen molar-refractivity contribution < 1.29 is 18.3 Å². The fourth-order valence-corrected chi connectivity index (χ4v) is 2.31. The maximum atomic E-state index is 12.1. The smallest absolute Gasteiger partial charge is 0.387 e. The van der Waals surface area contributed by atoms with E-state index in [0.29, 0.717) is 11.3 Å². The Bertz CT molecular complexity index is 733. The van der Waals surface area contributed by atoms with E-state index in [9.17, 15) is 13.6 Å². The SMILES string of the molecule is Cc1cc(C)c(NC(=O)/C=C/c2ccc(OC(F)F)cc2)c(C)n1. The van der Waals surface area contributed by atoms with Crippen LogP contribution in [0.2, 0.25) is 0 Å². The molecule has 126 valence electrons. The van der Waals surface area contributed by atoms with E-state index in [1.165, 1.54) is 18.2 Å². The van der Waals surface area contributed by atoms with E-state index >= 15 is 0 Å². The second-order valence-corrected chi connectivity index (χ2v) is 5.31. The molecule has 0 aliphatic heterocycles. The molecule has 0 saturated carbocycles. The van der Waals surface area contributed by atoms with Crippen LogP contribution in [0.1, 0.15) is 22.5 Å². The number of nitrogens with one attached hydrogen (secondary N) is 1. The first-order chi connectivity index (χ1) is 11.3. The Labute approximate surface area is 139 Å². The van der Waals surface area contributed by atoms with E-state index in [-0.39, 0.29) is 11.7 Å². The molecule has 0 fully saturated rings. The van der Waals surface area contributed by atoms with Gasteiger partial charge in [-0.1, -0.05) is 12.1 Å². The number of ether oxygens (including phenoxy) is 1. The zero-order valence-corrected chi connectivity index (χ0v) is 13.6. The van der Waals surface area contributed by atoms with Gasteiger partial charge in [0, 0.05) is 11.8 Å². The van der Waals surface area contributed by atoms with Crippen molar-refractivity contribution in [1.82, 2.24) is 4.98 Å². The number of hydrogen-bond donors (Lipinski definition) is 1. The van der Waals surface area contributed by atoms with E-state index in [1.807, 2.05) is 26.8 Å². The van der Waals surface area contributed by atoms with Gasteiger partial charge in [-0.2, -0.15) is 8.78 Å². The monoisotopic (exact) mass is 332 g/mol. The summed E-state index contributed by atoms with van der Waals surface area (Å²) in [5, 5.41) is 2.80. The zero-order chi connectivity index (χ0) is 17.7. The van der Waals surface area contributed by atoms with Crippen LogP contribution in [0.15, 0.2) is 36.4 Å². The summed E-state index contributed by atoms with van der Waals surface area (Å²) in [4.78, 5) is 16.4. The highest BCUT2D eigenvalue weighted by molar-refractivity contribution is 6.02. The van der Waals surface area contributed by atoms with Gasteiger partial charge in [-0.3, -0.25) is 9.78 Å². The summed E-state index contributed by atoms with van der Waals surface area (Å²) >= 11 is 0. The molecule has 0 unspecified atom stereocenters. The first kappa shape index (κ1) is 17.6. The zero-order valence-electron chi connectivity index (χ0n) is 13.6. The van der Waals surface area contributed by atoms with Gasteiger partial charge in [0.25, 0.3) is 0 Å². The van der Waals surface area contributed by atoms with Crippen LogP contribution >= 0.6 is 0 Å². The van der Waals surface area contributed by atoms with Crippen molar-refractivity contribution in [3.8, 4) is 5.75 Å². The lowest BCUT2D eigenvalue weighted by atomic mass is 10.1. The second-order valence-electron chi connectivity index (χ2n) is 5.31. The summed E-state index contributed by atoms with van der Waals surface area (Å²) in [5.41, 5.74) is 3.97. The Morgan fingerprint density at radius 2 is 1.88 bits per heavy atom. The molecule has 2 aromatic rings. The number of carbonyl (C=O) groups is 1. The molecule has 24 heavy (non-hydrogen) atoms. The number of pyridine rings is 1. The van der Waals surface area contributed by atoms with Crippen molar-refractivity contribution in [2.45, 2.75) is 27.4 Å². The number of benzene rings is 1. The molecular weight excluding hydrogens is 314 g/mol. The Kier molecular flexibility index (Phi) is 5.63. The molecule has 2 rings (SSSR count). The number of rotatable bonds is 5. The van der Waals surface area contributed by atoms with Crippen LogP contribution in [-0.2, 0) is 4.79 Å². The highest BCUT2D eigenvalue weighted by Crippen LogP contribution is 2.19. The first-order valence-electron chi connectivity index (χ1n) is 7.34. The van der Waals surface area contributed by atoms with Gasteiger partial charge in [0.05, 0.1) is 11.4 Å². The number of amides is 1. The molecule has 0 atom stereocenters. The Morgan fingerprint density at radius 3 is 2.46 bits per heavy atom. The number of nitrogens with zero attached hydrogens (tertiary/aromatic N) is 1. The molecule has 0 spiro atoms. The van der Waals surface area contributed by atoms with Crippen molar-refractivity contribution in [2.75, 3.05) is 5.32 Å². The van der Waals surface area contributed by atoms with E-state index in [1.54, 1.807) is 18.2 Å². The highest BCUT2D eigenvalue weighted by atomic mass is 19.3. The normalized spacial score (nSPS) is 11.1. The number of anilines is 1. The van der Waals surface area contributed by atoms with Crippen LogP contribution in [0.3, 0.4) is 0 Å². The van der Waals surface area contributed by atoms with E-state index in [2.05, 4.69) is 15.0 Å². The third-order valence-electron chi connectivity index (χ3n) is 3.31. The number of halogens is 2. The molecule has 1 aromatic carbocycles. The van der Waals surface area contributed by atoms with Crippen molar-refractivity contribution in [3.05, 3.63) is 58.9 Å². The number of alkyl halides is 2. The largest absolute Gasteiger partial charge is 0.435 e. The Hall–Kier alpha value is -2.76. The quantitative estimate of drug-likeness (QED) is 0.832. The lowest BCUT2D eigenvalue weighted by Crippen LogP contribution is -2.11. The van der Waals surface area contributed by atoms with Gasteiger partial charge in [-0.15, -0.1) is 0 Å². The summed E-state index contributed by atoms with van der Waals surface area (Å²) in [6.45, 7) is 2.78. The third kappa shape index (κ3) is 4.87. The number of aryl methyl sites for hydroxylation is 3. The Morgan fingerprint density at radius 1 is 1.21 bits per heavy atom. The molecule has 1 heterocycles. The number of hydrogen-bond acceptors (Lipinski definition) is 3. The Balaban J connectivity index is 2.03. The average molecular weight is 332 g/mol. The van der Waals surface area contributed by atoms with Crippen LogP contribution in [0.25, 0.3) is 6.08 Å². The van der Waals surface area contributed by atoms with Gasteiger partial charge in [-0.05, 0) is 56.2 Å². The second kappa shape index (κ2) is 7.68. The molecule has 1 aromatic heterocycles. The molecule has 0 aliphatic rings. The van der Waals surface area contributed by atoms with E-state index in [0.717, 1.165) is 17.0 Å². The topological polar surface area (TPSA) is 51.2 Å². The van der Waals surface area contributed by atoms with Crippen LogP contribution in [-0.4, -0.2) is 17.5 Å². The highest BCUT2D eigenvalue weighted by Gasteiger charge is 2.07.